The van der Waals surface area contributed by atoms with E-state index in [1.54, 1.807) is 0 Å². The number of rotatable bonds is 5. The summed E-state index contributed by atoms with van der Waals surface area (Å²) >= 11 is 0. The van der Waals surface area contributed by atoms with Gasteiger partial charge in [0.15, 0.2) is 0 Å². The second-order valence-corrected chi connectivity index (χ2v) is 8.00. The lowest BCUT2D eigenvalue weighted by atomic mass is 10.1. The monoisotopic (exact) mass is 474 g/mol. The van der Waals surface area contributed by atoms with Crippen LogP contribution in [-0.4, -0.2) is 38.3 Å². The van der Waals surface area contributed by atoms with Crippen LogP contribution in [0.1, 0.15) is 40.7 Å². The summed E-state index contributed by atoms with van der Waals surface area (Å²) < 4.78 is 40.6. The topological polar surface area (TPSA) is 97.4 Å². The lowest BCUT2D eigenvalue weighted by Crippen LogP contribution is -2.45. The third-order valence-electron chi connectivity index (χ3n) is 5.66. The number of carboxylic acids is 1. The summed E-state index contributed by atoms with van der Waals surface area (Å²) in [6.07, 6.45) is -1.81. The van der Waals surface area contributed by atoms with Crippen molar-refractivity contribution in [3.8, 4) is 5.69 Å². The van der Waals surface area contributed by atoms with E-state index in [0.29, 0.717) is 18.7 Å². The highest BCUT2D eigenvalue weighted by atomic mass is 19.4. The molecule has 0 aliphatic carbocycles. The molecule has 0 amide bonds. The highest BCUT2D eigenvalue weighted by Crippen LogP contribution is 2.29. The fraction of sp³-hybridized carbons (Fsp3) is 0.304. The van der Waals surface area contributed by atoms with Gasteiger partial charge in [0.1, 0.15) is 0 Å². The lowest BCUT2D eigenvalue weighted by Gasteiger charge is -2.29. The van der Waals surface area contributed by atoms with E-state index in [1.807, 2.05) is 4.90 Å². The second-order valence-electron chi connectivity index (χ2n) is 8.00. The molecule has 1 fully saturated rings. The molecule has 0 radical (unpaired) electrons. The van der Waals surface area contributed by atoms with E-state index in [9.17, 15) is 32.7 Å². The number of alkyl halides is 3. The fourth-order valence-corrected chi connectivity index (χ4v) is 3.91. The molecule has 0 unspecified atom stereocenters. The third-order valence-corrected chi connectivity index (χ3v) is 5.66. The molecule has 0 spiro atoms. The van der Waals surface area contributed by atoms with Crippen molar-refractivity contribution in [3.63, 3.8) is 0 Å². The Morgan fingerprint density at radius 2 is 1.68 bits per heavy atom. The average Bonchev–Trinajstić information content (AvgIpc) is 2.81. The SMILES string of the molecule is O=C(O)c1cccc(-n2c(N3CCCCC3)nc(=O)n(Cc3ccc(C(F)(F)F)cc3)c2=O)c1. The Bertz CT molecular complexity index is 1320. The van der Waals surface area contributed by atoms with Gasteiger partial charge in [-0.05, 0) is 55.2 Å². The van der Waals surface area contributed by atoms with Crippen molar-refractivity contribution in [1.82, 2.24) is 14.1 Å². The molecule has 2 heterocycles. The number of hydrogen-bond donors (Lipinski definition) is 1. The molecule has 4 rings (SSSR count). The molecule has 34 heavy (non-hydrogen) atoms. The molecule has 1 saturated heterocycles. The molecule has 0 saturated carbocycles. The largest absolute Gasteiger partial charge is 0.478 e. The summed E-state index contributed by atoms with van der Waals surface area (Å²) in [6.45, 7) is 0.864. The van der Waals surface area contributed by atoms with Gasteiger partial charge in [-0.25, -0.2) is 23.5 Å². The van der Waals surface area contributed by atoms with E-state index < -0.39 is 29.1 Å². The van der Waals surface area contributed by atoms with Gasteiger partial charge in [-0.15, -0.1) is 0 Å². The summed E-state index contributed by atoms with van der Waals surface area (Å²) in [5.74, 6) is -1.07. The highest BCUT2D eigenvalue weighted by molar-refractivity contribution is 5.88. The zero-order valence-electron chi connectivity index (χ0n) is 18.0. The molecule has 178 valence electrons. The zero-order valence-corrected chi connectivity index (χ0v) is 18.0. The number of carbonyl (C=O) groups is 1. The minimum Gasteiger partial charge on any atom is -0.478 e. The van der Waals surface area contributed by atoms with Crippen molar-refractivity contribution >= 4 is 11.9 Å². The predicted octanol–water partition coefficient (Wildman–Crippen LogP) is 3.15. The van der Waals surface area contributed by atoms with Crippen LogP contribution in [0.25, 0.3) is 5.69 Å². The highest BCUT2D eigenvalue weighted by Gasteiger charge is 2.30. The summed E-state index contributed by atoms with van der Waals surface area (Å²) in [7, 11) is 0. The van der Waals surface area contributed by atoms with E-state index in [1.165, 1.54) is 41.0 Å². The van der Waals surface area contributed by atoms with Gasteiger partial charge in [0, 0.05) is 13.1 Å². The van der Waals surface area contributed by atoms with Crippen molar-refractivity contribution < 1.29 is 23.1 Å². The molecule has 1 N–H and O–H groups in total. The number of carboxylic acid groups (broad SMARTS) is 1. The number of aromatic carboxylic acids is 1. The van der Waals surface area contributed by atoms with Crippen molar-refractivity contribution in [2.75, 3.05) is 18.0 Å². The second kappa shape index (κ2) is 9.16. The maximum Gasteiger partial charge on any atom is 0.416 e. The first-order valence-electron chi connectivity index (χ1n) is 10.6. The fourth-order valence-electron chi connectivity index (χ4n) is 3.91. The maximum absolute atomic E-state index is 13.5. The Hall–Kier alpha value is -3.89. The number of aromatic nitrogens is 3. The van der Waals surface area contributed by atoms with Crippen LogP contribution >= 0.6 is 0 Å². The minimum atomic E-state index is -4.51. The number of piperidine rings is 1. The van der Waals surface area contributed by atoms with Gasteiger partial charge in [-0.3, -0.25) is 0 Å². The Balaban J connectivity index is 1.83. The van der Waals surface area contributed by atoms with Crippen molar-refractivity contribution in [3.05, 3.63) is 86.2 Å². The van der Waals surface area contributed by atoms with Crippen LogP contribution in [0.3, 0.4) is 0 Å². The van der Waals surface area contributed by atoms with E-state index in [4.69, 9.17) is 0 Å². The number of halogens is 3. The normalized spacial score (nSPS) is 14.3. The molecule has 3 aromatic rings. The zero-order chi connectivity index (χ0) is 24.5. The van der Waals surface area contributed by atoms with Gasteiger partial charge in [-0.2, -0.15) is 18.2 Å². The molecular formula is C23H21F3N4O4. The number of nitrogens with zero attached hydrogens (tertiary/aromatic N) is 4. The standard InChI is InChI=1S/C23H21F3N4O4/c24-23(25,26)17-9-7-15(8-10-17)14-29-21(33)27-20(28-11-2-1-3-12-28)30(22(29)34)18-6-4-5-16(13-18)19(31)32/h4-10,13H,1-3,11-12,14H2,(H,31,32). The average molecular weight is 474 g/mol. The molecule has 2 aromatic carbocycles. The lowest BCUT2D eigenvalue weighted by molar-refractivity contribution is -0.137. The quantitative estimate of drug-likeness (QED) is 0.610. The minimum absolute atomic E-state index is 0.0468. The van der Waals surface area contributed by atoms with Gasteiger partial charge in [0.2, 0.25) is 5.95 Å². The molecule has 1 aliphatic heterocycles. The number of benzene rings is 2. The van der Waals surface area contributed by atoms with Crippen molar-refractivity contribution in [2.45, 2.75) is 32.0 Å². The Morgan fingerprint density at radius 1 is 1.00 bits per heavy atom. The van der Waals surface area contributed by atoms with E-state index >= 15 is 0 Å². The molecule has 0 bridgehead atoms. The molecule has 1 aliphatic rings. The molecular weight excluding hydrogens is 453 g/mol. The summed E-state index contributed by atoms with van der Waals surface area (Å²) in [5.41, 5.74) is -1.96. The molecule has 11 heteroatoms. The first kappa shape index (κ1) is 23.3. The van der Waals surface area contributed by atoms with Crippen LogP contribution in [0.4, 0.5) is 19.1 Å². The van der Waals surface area contributed by atoms with Gasteiger partial charge >= 0.3 is 23.5 Å². The molecule has 8 nitrogen and oxygen atoms in total. The van der Waals surface area contributed by atoms with Gasteiger partial charge < -0.3 is 10.0 Å². The third kappa shape index (κ3) is 4.73. The van der Waals surface area contributed by atoms with E-state index in [-0.39, 0.29) is 23.7 Å². The first-order valence-corrected chi connectivity index (χ1v) is 10.6. The first-order chi connectivity index (χ1) is 16.1. The van der Waals surface area contributed by atoms with Crippen LogP contribution in [-0.2, 0) is 12.7 Å². The Morgan fingerprint density at radius 3 is 2.29 bits per heavy atom. The molecule has 0 atom stereocenters. The number of anilines is 1. The van der Waals surface area contributed by atoms with Crippen molar-refractivity contribution in [1.29, 1.82) is 0 Å². The van der Waals surface area contributed by atoms with Crippen LogP contribution in [0.15, 0.2) is 58.1 Å². The smallest absolute Gasteiger partial charge is 0.416 e. The van der Waals surface area contributed by atoms with E-state index in [2.05, 4.69) is 4.98 Å². The van der Waals surface area contributed by atoms with Gasteiger partial charge in [0.25, 0.3) is 0 Å². The molecule has 1 aromatic heterocycles. The van der Waals surface area contributed by atoms with Crippen molar-refractivity contribution in [2.24, 2.45) is 0 Å². The summed E-state index contributed by atoms with van der Waals surface area (Å²) in [4.78, 5) is 43.7. The number of hydrogen-bond acceptors (Lipinski definition) is 5. The van der Waals surface area contributed by atoms with Crippen LogP contribution in [0.2, 0.25) is 0 Å². The van der Waals surface area contributed by atoms with Gasteiger partial charge in [0.05, 0.1) is 23.4 Å². The Kier molecular flexibility index (Phi) is 6.27. The van der Waals surface area contributed by atoms with Crippen LogP contribution in [0.5, 0.6) is 0 Å². The van der Waals surface area contributed by atoms with Gasteiger partial charge in [-0.1, -0.05) is 18.2 Å². The predicted molar refractivity (Wildman–Crippen MR) is 118 cm³/mol. The van der Waals surface area contributed by atoms with E-state index in [0.717, 1.165) is 36.0 Å². The van der Waals surface area contributed by atoms with Crippen LogP contribution in [0, 0.1) is 0 Å². The van der Waals surface area contributed by atoms with Crippen LogP contribution < -0.4 is 16.3 Å². The Labute approximate surface area is 191 Å². The summed E-state index contributed by atoms with van der Waals surface area (Å²) in [6, 6.07) is 9.86. The summed E-state index contributed by atoms with van der Waals surface area (Å²) in [5, 5.41) is 9.37. The maximum atomic E-state index is 13.5.